The van der Waals surface area contributed by atoms with Gasteiger partial charge in [-0.15, -0.1) is 0 Å². The van der Waals surface area contributed by atoms with Crippen LogP contribution in [0.15, 0.2) is 0 Å². The van der Waals surface area contributed by atoms with Crippen LogP contribution in [0.1, 0.15) is 44.9 Å². The van der Waals surface area contributed by atoms with Crippen LogP contribution >= 0.6 is 0 Å². The Labute approximate surface area is 104 Å². The first-order valence-corrected chi connectivity index (χ1v) is 7.37. The van der Waals surface area contributed by atoms with E-state index in [4.69, 9.17) is 0 Å². The molecular weight excluding hydrogens is 212 g/mol. The molecule has 96 valence electrons. The van der Waals surface area contributed by atoms with Gasteiger partial charge in [0, 0.05) is 18.5 Å². The highest BCUT2D eigenvalue weighted by Crippen LogP contribution is 2.37. The van der Waals surface area contributed by atoms with E-state index in [9.17, 15) is 4.79 Å². The molecule has 3 rings (SSSR count). The minimum absolute atomic E-state index is 0.317. The highest BCUT2D eigenvalue weighted by Gasteiger charge is 2.40. The summed E-state index contributed by atoms with van der Waals surface area (Å²) in [6, 6.07) is 0.603. The number of carbonyl (C=O) groups excluding carboxylic acids is 1. The van der Waals surface area contributed by atoms with Crippen molar-refractivity contribution < 1.29 is 4.79 Å². The smallest absolute Gasteiger partial charge is 0.226 e. The molecule has 2 heterocycles. The molecule has 0 aromatic carbocycles. The molecule has 3 heteroatoms. The van der Waals surface area contributed by atoms with E-state index in [0.29, 0.717) is 17.9 Å². The van der Waals surface area contributed by atoms with Gasteiger partial charge in [0.2, 0.25) is 5.91 Å². The second-order valence-corrected chi connectivity index (χ2v) is 5.96. The molecule has 2 aliphatic heterocycles. The average Bonchev–Trinajstić information content (AvgIpc) is 2.83. The van der Waals surface area contributed by atoms with E-state index in [2.05, 4.69) is 10.2 Å². The van der Waals surface area contributed by atoms with E-state index in [1.165, 1.54) is 32.1 Å². The van der Waals surface area contributed by atoms with Crippen molar-refractivity contribution in [1.29, 1.82) is 0 Å². The topological polar surface area (TPSA) is 32.3 Å². The van der Waals surface area contributed by atoms with Gasteiger partial charge < -0.3 is 10.2 Å². The summed E-state index contributed by atoms with van der Waals surface area (Å²) in [4.78, 5) is 14.8. The number of rotatable bonds is 1. The van der Waals surface area contributed by atoms with Crippen LogP contribution in [0.5, 0.6) is 0 Å². The second-order valence-electron chi connectivity index (χ2n) is 5.96. The second kappa shape index (κ2) is 4.97. The van der Waals surface area contributed by atoms with Gasteiger partial charge in [0.05, 0.1) is 0 Å². The van der Waals surface area contributed by atoms with E-state index >= 15 is 0 Å². The van der Waals surface area contributed by atoms with Gasteiger partial charge in [-0.25, -0.2) is 0 Å². The molecule has 1 N–H and O–H groups in total. The molecule has 0 radical (unpaired) electrons. The van der Waals surface area contributed by atoms with Crippen LogP contribution in [0.2, 0.25) is 0 Å². The SMILES string of the molecule is O=C(C1CCNCC1)N1CCC2CCCCC21. The van der Waals surface area contributed by atoms with Crippen LogP contribution in [0, 0.1) is 11.8 Å². The third kappa shape index (κ3) is 2.22. The van der Waals surface area contributed by atoms with Gasteiger partial charge in [0.1, 0.15) is 0 Å². The molecule has 1 aliphatic carbocycles. The fourth-order valence-electron chi connectivity index (χ4n) is 3.98. The van der Waals surface area contributed by atoms with Crippen molar-refractivity contribution in [3.05, 3.63) is 0 Å². The number of fused-ring (bicyclic) bond motifs is 1. The maximum atomic E-state index is 12.6. The Morgan fingerprint density at radius 3 is 2.59 bits per heavy atom. The predicted molar refractivity (Wildman–Crippen MR) is 67.7 cm³/mol. The molecule has 2 atom stereocenters. The molecule has 1 saturated carbocycles. The van der Waals surface area contributed by atoms with Gasteiger partial charge in [-0.1, -0.05) is 12.8 Å². The van der Waals surface area contributed by atoms with Crippen LogP contribution in [-0.4, -0.2) is 36.5 Å². The quantitative estimate of drug-likeness (QED) is 0.752. The molecular formula is C14H24N2O. The lowest BCUT2D eigenvalue weighted by Gasteiger charge is -2.34. The number of carbonyl (C=O) groups is 1. The lowest BCUT2D eigenvalue weighted by atomic mass is 9.85. The van der Waals surface area contributed by atoms with E-state index in [-0.39, 0.29) is 0 Å². The molecule has 2 saturated heterocycles. The highest BCUT2D eigenvalue weighted by atomic mass is 16.2. The van der Waals surface area contributed by atoms with Gasteiger partial charge in [0.15, 0.2) is 0 Å². The van der Waals surface area contributed by atoms with Crippen LogP contribution in [0.4, 0.5) is 0 Å². The summed E-state index contributed by atoms with van der Waals surface area (Å²) < 4.78 is 0. The van der Waals surface area contributed by atoms with E-state index in [0.717, 1.165) is 38.4 Å². The Morgan fingerprint density at radius 2 is 1.76 bits per heavy atom. The summed E-state index contributed by atoms with van der Waals surface area (Å²) in [7, 11) is 0. The third-order valence-corrected chi connectivity index (χ3v) is 4.98. The average molecular weight is 236 g/mol. The largest absolute Gasteiger partial charge is 0.339 e. The molecule has 3 nitrogen and oxygen atoms in total. The van der Waals surface area contributed by atoms with Gasteiger partial charge in [-0.3, -0.25) is 4.79 Å². The van der Waals surface area contributed by atoms with Crippen molar-refractivity contribution in [3.8, 4) is 0 Å². The van der Waals surface area contributed by atoms with E-state index < -0.39 is 0 Å². The van der Waals surface area contributed by atoms with Crippen LogP contribution in [0.25, 0.3) is 0 Å². The fourth-order valence-corrected chi connectivity index (χ4v) is 3.98. The van der Waals surface area contributed by atoms with Crippen molar-refractivity contribution in [3.63, 3.8) is 0 Å². The summed E-state index contributed by atoms with van der Waals surface area (Å²) in [5, 5.41) is 3.35. The van der Waals surface area contributed by atoms with Crippen LogP contribution in [-0.2, 0) is 4.79 Å². The molecule has 0 aromatic heterocycles. The number of nitrogens with one attached hydrogen (secondary N) is 1. The Morgan fingerprint density at radius 1 is 1.00 bits per heavy atom. The molecule has 0 bridgehead atoms. The fraction of sp³-hybridized carbons (Fsp3) is 0.929. The number of nitrogens with zero attached hydrogens (tertiary/aromatic N) is 1. The first kappa shape index (κ1) is 11.5. The van der Waals surface area contributed by atoms with Crippen molar-refractivity contribution >= 4 is 5.91 Å². The molecule has 3 fully saturated rings. The van der Waals surface area contributed by atoms with Gasteiger partial charge in [-0.2, -0.15) is 0 Å². The Hall–Kier alpha value is -0.570. The van der Waals surface area contributed by atoms with Gasteiger partial charge in [-0.05, 0) is 51.1 Å². The normalized spacial score (nSPS) is 34.7. The van der Waals surface area contributed by atoms with E-state index in [1.54, 1.807) is 0 Å². The third-order valence-electron chi connectivity index (χ3n) is 4.98. The number of piperidine rings is 1. The summed E-state index contributed by atoms with van der Waals surface area (Å²) in [6.07, 6.45) is 8.70. The van der Waals surface area contributed by atoms with Crippen molar-refractivity contribution in [1.82, 2.24) is 10.2 Å². The minimum atomic E-state index is 0.317. The molecule has 0 spiro atoms. The summed E-state index contributed by atoms with van der Waals surface area (Å²) in [6.45, 7) is 3.09. The molecule has 1 amide bonds. The zero-order valence-corrected chi connectivity index (χ0v) is 10.7. The Balaban J connectivity index is 1.65. The standard InChI is InChI=1S/C14H24N2O/c17-14(12-5-8-15-9-6-12)16-10-7-11-3-1-2-4-13(11)16/h11-13,15H,1-10H2. The van der Waals surface area contributed by atoms with Gasteiger partial charge >= 0.3 is 0 Å². The first-order chi connectivity index (χ1) is 8.36. The monoisotopic (exact) mass is 236 g/mol. The summed E-state index contributed by atoms with van der Waals surface area (Å²) in [5.74, 6) is 1.62. The van der Waals surface area contributed by atoms with Crippen LogP contribution in [0.3, 0.4) is 0 Å². The highest BCUT2D eigenvalue weighted by molar-refractivity contribution is 5.79. The maximum absolute atomic E-state index is 12.6. The lowest BCUT2D eigenvalue weighted by Crippen LogP contribution is -2.45. The predicted octanol–water partition coefficient (Wildman–Crippen LogP) is 1.78. The minimum Gasteiger partial charge on any atom is -0.339 e. The number of hydrogen-bond donors (Lipinski definition) is 1. The first-order valence-electron chi connectivity index (χ1n) is 7.37. The molecule has 0 aromatic rings. The van der Waals surface area contributed by atoms with Crippen molar-refractivity contribution in [2.45, 2.75) is 51.0 Å². The van der Waals surface area contributed by atoms with E-state index in [1.807, 2.05) is 0 Å². The zero-order chi connectivity index (χ0) is 11.7. The summed E-state index contributed by atoms with van der Waals surface area (Å²) in [5.41, 5.74) is 0. The summed E-state index contributed by atoms with van der Waals surface area (Å²) >= 11 is 0. The molecule has 3 aliphatic rings. The van der Waals surface area contributed by atoms with Crippen molar-refractivity contribution in [2.24, 2.45) is 11.8 Å². The Bertz CT molecular complexity index is 286. The number of hydrogen-bond acceptors (Lipinski definition) is 2. The van der Waals surface area contributed by atoms with Crippen molar-refractivity contribution in [2.75, 3.05) is 19.6 Å². The molecule has 17 heavy (non-hydrogen) atoms. The van der Waals surface area contributed by atoms with Gasteiger partial charge in [0.25, 0.3) is 0 Å². The lowest BCUT2D eigenvalue weighted by molar-refractivity contribution is -0.138. The van der Waals surface area contributed by atoms with Crippen LogP contribution < -0.4 is 5.32 Å². The Kier molecular flexibility index (Phi) is 3.37. The maximum Gasteiger partial charge on any atom is 0.226 e. The number of amides is 1. The number of likely N-dealkylation sites (tertiary alicyclic amines) is 1. The zero-order valence-electron chi connectivity index (χ0n) is 10.7. The molecule has 2 unspecified atom stereocenters.